The first-order valence-corrected chi connectivity index (χ1v) is 9.55. The number of benzene rings is 2. The van der Waals surface area contributed by atoms with Gasteiger partial charge in [0.05, 0.1) is 13.7 Å². The van der Waals surface area contributed by atoms with Crippen LogP contribution in [-0.2, 0) is 11.3 Å². The Morgan fingerprint density at radius 1 is 1.00 bits per heavy atom. The number of carbonyl (C=O) groups excluding carboxylic acids is 1. The third-order valence-corrected chi connectivity index (χ3v) is 5.05. The van der Waals surface area contributed by atoms with E-state index < -0.39 is 0 Å². The number of amides is 1. The SMILES string of the molecule is COc1ccc(CN2CCN(CC(=O)Nc3ccc(Br)cc3)CC2)cc1. The molecule has 5 nitrogen and oxygen atoms in total. The van der Waals surface area contributed by atoms with Crippen molar-refractivity contribution >= 4 is 27.5 Å². The lowest BCUT2D eigenvalue weighted by Gasteiger charge is -2.34. The second-order valence-electron chi connectivity index (χ2n) is 6.46. The topological polar surface area (TPSA) is 44.8 Å². The molecular weight excluding hydrogens is 394 g/mol. The van der Waals surface area contributed by atoms with Crippen LogP contribution in [0.4, 0.5) is 5.69 Å². The minimum atomic E-state index is 0.0379. The molecular formula is C20H24BrN3O2. The van der Waals surface area contributed by atoms with Gasteiger partial charge in [-0.05, 0) is 42.0 Å². The molecule has 1 heterocycles. The number of nitrogens with zero attached hydrogens (tertiary/aromatic N) is 2. The van der Waals surface area contributed by atoms with Gasteiger partial charge < -0.3 is 10.1 Å². The van der Waals surface area contributed by atoms with Gasteiger partial charge in [0, 0.05) is 42.9 Å². The number of ether oxygens (including phenoxy) is 1. The lowest BCUT2D eigenvalue weighted by Crippen LogP contribution is -2.48. The standard InChI is InChI=1S/C20H24BrN3O2/c1-26-19-8-2-16(3-9-19)14-23-10-12-24(13-11-23)15-20(25)22-18-6-4-17(21)5-7-18/h2-9H,10-15H2,1H3,(H,22,25). The molecule has 26 heavy (non-hydrogen) atoms. The average molecular weight is 418 g/mol. The zero-order chi connectivity index (χ0) is 18.4. The van der Waals surface area contributed by atoms with E-state index in [2.05, 4.69) is 43.2 Å². The molecule has 0 spiro atoms. The van der Waals surface area contributed by atoms with Gasteiger partial charge in [0.2, 0.25) is 5.91 Å². The molecule has 6 heteroatoms. The molecule has 0 bridgehead atoms. The quantitative estimate of drug-likeness (QED) is 0.783. The smallest absolute Gasteiger partial charge is 0.238 e. The highest BCUT2D eigenvalue weighted by atomic mass is 79.9. The number of rotatable bonds is 6. The second-order valence-corrected chi connectivity index (χ2v) is 7.37. The van der Waals surface area contributed by atoms with E-state index in [1.165, 1.54) is 5.56 Å². The van der Waals surface area contributed by atoms with Crippen LogP contribution in [0.25, 0.3) is 0 Å². The maximum absolute atomic E-state index is 12.2. The third kappa shape index (κ3) is 5.56. The van der Waals surface area contributed by atoms with Crippen LogP contribution >= 0.6 is 15.9 Å². The number of piperazine rings is 1. The number of methoxy groups -OCH3 is 1. The summed E-state index contributed by atoms with van der Waals surface area (Å²) in [5.41, 5.74) is 2.11. The summed E-state index contributed by atoms with van der Waals surface area (Å²) in [6.45, 7) is 5.12. The molecule has 1 N–H and O–H groups in total. The summed E-state index contributed by atoms with van der Waals surface area (Å²) in [4.78, 5) is 16.8. The van der Waals surface area contributed by atoms with Crippen molar-refractivity contribution in [3.05, 3.63) is 58.6 Å². The molecule has 1 aliphatic rings. The third-order valence-electron chi connectivity index (χ3n) is 4.53. The molecule has 1 fully saturated rings. The molecule has 0 saturated carbocycles. The van der Waals surface area contributed by atoms with Crippen LogP contribution in [0, 0.1) is 0 Å². The van der Waals surface area contributed by atoms with Gasteiger partial charge in [-0.15, -0.1) is 0 Å². The predicted molar refractivity (Wildman–Crippen MR) is 107 cm³/mol. The summed E-state index contributed by atoms with van der Waals surface area (Å²) >= 11 is 3.40. The normalized spacial score (nSPS) is 15.6. The van der Waals surface area contributed by atoms with Crippen molar-refractivity contribution in [3.8, 4) is 5.75 Å². The molecule has 138 valence electrons. The van der Waals surface area contributed by atoms with Crippen molar-refractivity contribution in [1.29, 1.82) is 0 Å². The van der Waals surface area contributed by atoms with Crippen molar-refractivity contribution in [3.63, 3.8) is 0 Å². The largest absolute Gasteiger partial charge is 0.497 e. The highest BCUT2D eigenvalue weighted by Crippen LogP contribution is 2.15. The van der Waals surface area contributed by atoms with Gasteiger partial charge >= 0.3 is 0 Å². The Kier molecular flexibility index (Phi) is 6.66. The lowest BCUT2D eigenvalue weighted by atomic mass is 10.2. The van der Waals surface area contributed by atoms with E-state index in [4.69, 9.17) is 4.74 Å². The van der Waals surface area contributed by atoms with E-state index in [9.17, 15) is 4.79 Å². The van der Waals surface area contributed by atoms with Gasteiger partial charge in [-0.1, -0.05) is 28.1 Å². The maximum Gasteiger partial charge on any atom is 0.238 e. The zero-order valence-corrected chi connectivity index (χ0v) is 16.5. The number of halogens is 1. The first kappa shape index (κ1) is 18.9. The van der Waals surface area contributed by atoms with E-state index in [0.717, 1.165) is 48.6 Å². The Labute approximate surface area is 163 Å². The number of nitrogens with one attached hydrogen (secondary N) is 1. The fourth-order valence-corrected chi connectivity index (χ4v) is 3.30. The van der Waals surface area contributed by atoms with Crippen molar-refractivity contribution in [2.75, 3.05) is 45.2 Å². The minimum absolute atomic E-state index is 0.0379. The summed E-state index contributed by atoms with van der Waals surface area (Å²) in [6.07, 6.45) is 0. The van der Waals surface area contributed by atoms with Crippen LogP contribution in [0.1, 0.15) is 5.56 Å². The van der Waals surface area contributed by atoms with Gasteiger partial charge in [-0.25, -0.2) is 0 Å². The van der Waals surface area contributed by atoms with Crippen molar-refractivity contribution < 1.29 is 9.53 Å². The molecule has 1 amide bonds. The molecule has 2 aromatic carbocycles. The van der Waals surface area contributed by atoms with Crippen molar-refractivity contribution in [2.45, 2.75) is 6.54 Å². The van der Waals surface area contributed by atoms with Crippen molar-refractivity contribution in [2.24, 2.45) is 0 Å². The highest BCUT2D eigenvalue weighted by molar-refractivity contribution is 9.10. The van der Waals surface area contributed by atoms with E-state index in [1.807, 2.05) is 36.4 Å². The molecule has 0 aromatic heterocycles. The summed E-state index contributed by atoms with van der Waals surface area (Å²) in [5.74, 6) is 0.922. The number of anilines is 1. The van der Waals surface area contributed by atoms with E-state index >= 15 is 0 Å². The number of hydrogen-bond acceptors (Lipinski definition) is 4. The highest BCUT2D eigenvalue weighted by Gasteiger charge is 2.19. The Morgan fingerprint density at radius 2 is 1.62 bits per heavy atom. The monoisotopic (exact) mass is 417 g/mol. The van der Waals surface area contributed by atoms with Crippen LogP contribution in [-0.4, -0.2) is 55.5 Å². The predicted octanol–water partition coefficient (Wildman–Crippen LogP) is 3.21. The summed E-state index contributed by atoms with van der Waals surface area (Å²) in [5, 5.41) is 2.95. The Hall–Kier alpha value is -1.89. The first-order valence-electron chi connectivity index (χ1n) is 8.75. The van der Waals surface area contributed by atoms with Gasteiger partial charge in [0.25, 0.3) is 0 Å². The minimum Gasteiger partial charge on any atom is -0.497 e. The molecule has 0 atom stereocenters. The Morgan fingerprint density at radius 3 is 2.23 bits per heavy atom. The van der Waals surface area contributed by atoms with Gasteiger partial charge in [-0.3, -0.25) is 14.6 Å². The van der Waals surface area contributed by atoms with Crippen molar-refractivity contribution in [1.82, 2.24) is 9.80 Å². The lowest BCUT2D eigenvalue weighted by molar-refractivity contribution is -0.117. The second kappa shape index (κ2) is 9.16. The zero-order valence-electron chi connectivity index (χ0n) is 15.0. The maximum atomic E-state index is 12.2. The summed E-state index contributed by atoms with van der Waals surface area (Å²) in [7, 11) is 1.68. The van der Waals surface area contributed by atoms with E-state index in [0.29, 0.717) is 6.54 Å². The first-order chi connectivity index (χ1) is 12.6. The molecule has 3 rings (SSSR count). The van der Waals surface area contributed by atoms with Crippen LogP contribution in [0.2, 0.25) is 0 Å². The molecule has 1 saturated heterocycles. The molecule has 0 radical (unpaired) electrons. The average Bonchev–Trinajstić information content (AvgIpc) is 2.66. The number of hydrogen-bond donors (Lipinski definition) is 1. The Balaban J connectivity index is 1.41. The van der Waals surface area contributed by atoms with Crippen LogP contribution in [0.3, 0.4) is 0 Å². The van der Waals surface area contributed by atoms with Gasteiger partial charge in [-0.2, -0.15) is 0 Å². The summed E-state index contributed by atoms with van der Waals surface area (Å²) in [6, 6.07) is 15.9. The summed E-state index contributed by atoms with van der Waals surface area (Å²) < 4.78 is 6.20. The fourth-order valence-electron chi connectivity index (χ4n) is 3.03. The van der Waals surface area contributed by atoms with E-state index in [1.54, 1.807) is 7.11 Å². The fraction of sp³-hybridized carbons (Fsp3) is 0.350. The van der Waals surface area contributed by atoms with Crippen LogP contribution in [0.5, 0.6) is 5.75 Å². The van der Waals surface area contributed by atoms with Gasteiger partial charge in [0.1, 0.15) is 5.75 Å². The van der Waals surface area contributed by atoms with Crippen LogP contribution in [0.15, 0.2) is 53.0 Å². The number of carbonyl (C=O) groups is 1. The molecule has 1 aliphatic heterocycles. The Bertz CT molecular complexity index is 711. The van der Waals surface area contributed by atoms with Crippen LogP contribution < -0.4 is 10.1 Å². The molecule has 0 aliphatic carbocycles. The van der Waals surface area contributed by atoms with Gasteiger partial charge in [0.15, 0.2) is 0 Å². The molecule has 2 aromatic rings. The molecule has 0 unspecified atom stereocenters. The van der Waals surface area contributed by atoms with E-state index in [-0.39, 0.29) is 5.91 Å².